The first-order chi connectivity index (χ1) is 10.2. The lowest BCUT2D eigenvalue weighted by Crippen LogP contribution is -2.07. The number of halogens is 1. The number of hydrogen-bond acceptors (Lipinski definition) is 4. The second-order valence-corrected chi connectivity index (χ2v) is 5.60. The molecule has 0 aliphatic rings. The molecular weight excluding hydrogens is 330 g/mol. The van der Waals surface area contributed by atoms with Crippen molar-refractivity contribution in [2.45, 2.75) is 26.3 Å². The van der Waals surface area contributed by atoms with Crippen LogP contribution in [0.1, 0.15) is 30.9 Å². The van der Waals surface area contributed by atoms with Crippen LogP contribution < -0.4 is 11.1 Å². The minimum atomic E-state index is 0.396. The van der Waals surface area contributed by atoms with E-state index in [1.165, 1.54) is 0 Å². The van der Waals surface area contributed by atoms with E-state index >= 15 is 0 Å². The van der Waals surface area contributed by atoms with Crippen molar-refractivity contribution < 1.29 is 0 Å². The molecule has 2 rings (SSSR count). The molecule has 0 amide bonds. The summed E-state index contributed by atoms with van der Waals surface area (Å²) in [5.41, 5.74) is 7.52. The molecule has 0 fully saturated rings. The van der Waals surface area contributed by atoms with Crippen LogP contribution in [0.3, 0.4) is 0 Å². The maximum atomic E-state index is 9.26. The summed E-state index contributed by atoms with van der Waals surface area (Å²) < 4.78 is 2.66. The Bertz CT molecular complexity index is 657. The lowest BCUT2D eigenvalue weighted by Gasteiger charge is -2.06. The van der Waals surface area contributed by atoms with Crippen LogP contribution in [0.2, 0.25) is 0 Å². The summed E-state index contributed by atoms with van der Waals surface area (Å²) in [6, 6.07) is 10.0. The van der Waals surface area contributed by atoms with Crippen LogP contribution in [0.25, 0.3) is 0 Å². The zero-order valence-corrected chi connectivity index (χ0v) is 13.5. The predicted octanol–water partition coefficient (Wildman–Crippen LogP) is 3.36. The van der Waals surface area contributed by atoms with Gasteiger partial charge in [0.05, 0.1) is 6.54 Å². The van der Waals surface area contributed by atoms with Gasteiger partial charge in [0.15, 0.2) is 5.82 Å². The molecule has 0 spiro atoms. The van der Waals surface area contributed by atoms with E-state index in [9.17, 15) is 5.26 Å². The van der Waals surface area contributed by atoms with E-state index in [2.05, 4.69) is 39.3 Å². The smallest absolute Gasteiger partial charge is 0.168 e. The number of nitrogens with one attached hydrogen (secondary N) is 1. The number of hydrogen-bond donors (Lipinski definition) is 2. The molecule has 0 atom stereocenters. The number of nitriles is 1. The number of anilines is 2. The second kappa shape index (κ2) is 7.14. The first-order valence-electron chi connectivity index (χ1n) is 6.91. The highest BCUT2D eigenvalue weighted by atomic mass is 79.9. The summed E-state index contributed by atoms with van der Waals surface area (Å²) in [4.78, 5) is 0. The van der Waals surface area contributed by atoms with Crippen molar-refractivity contribution in [3.63, 3.8) is 0 Å². The zero-order chi connectivity index (χ0) is 15.2. The average Bonchev–Trinajstić information content (AvgIpc) is 2.77. The first kappa shape index (κ1) is 15.4. The fourth-order valence-corrected chi connectivity index (χ4v) is 2.41. The summed E-state index contributed by atoms with van der Waals surface area (Å²) in [5.74, 6) is 0.961. The van der Waals surface area contributed by atoms with Crippen LogP contribution in [-0.4, -0.2) is 16.3 Å². The van der Waals surface area contributed by atoms with Crippen LogP contribution >= 0.6 is 15.9 Å². The fourth-order valence-electron chi connectivity index (χ4n) is 2.00. The number of nitrogens with two attached hydrogens (primary N) is 1. The van der Waals surface area contributed by atoms with Gasteiger partial charge in [-0.25, -0.2) is 4.68 Å². The van der Waals surface area contributed by atoms with Gasteiger partial charge in [-0.05, 0) is 18.1 Å². The Morgan fingerprint density at radius 3 is 2.86 bits per heavy atom. The summed E-state index contributed by atoms with van der Waals surface area (Å²) in [6.07, 6.45) is 2.11. The molecule has 0 saturated heterocycles. The topological polar surface area (TPSA) is 79.7 Å². The van der Waals surface area contributed by atoms with Gasteiger partial charge in [-0.3, -0.25) is 0 Å². The van der Waals surface area contributed by atoms with Crippen molar-refractivity contribution in [1.82, 2.24) is 9.78 Å². The lowest BCUT2D eigenvalue weighted by molar-refractivity contribution is 0.695. The Kier molecular flexibility index (Phi) is 5.23. The Hall–Kier alpha value is -2.00. The van der Waals surface area contributed by atoms with Crippen molar-refractivity contribution in [3.8, 4) is 6.07 Å². The van der Waals surface area contributed by atoms with Crippen LogP contribution in [0, 0.1) is 11.3 Å². The molecule has 1 heterocycles. The van der Waals surface area contributed by atoms with Crippen molar-refractivity contribution in [1.29, 1.82) is 5.26 Å². The van der Waals surface area contributed by atoms with E-state index in [-0.39, 0.29) is 0 Å². The van der Waals surface area contributed by atoms with Gasteiger partial charge in [-0.1, -0.05) is 47.5 Å². The third kappa shape index (κ3) is 3.56. The molecule has 0 unspecified atom stereocenters. The van der Waals surface area contributed by atoms with Crippen LogP contribution in [-0.2, 0) is 6.54 Å². The largest absolute Gasteiger partial charge is 0.383 e. The second-order valence-electron chi connectivity index (χ2n) is 4.75. The molecule has 3 N–H and O–H groups in total. The van der Waals surface area contributed by atoms with E-state index < -0.39 is 0 Å². The number of aromatic nitrogens is 2. The molecule has 1 aromatic heterocycles. The molecule has 110 valence electrons. The van der Waals surface area contributed by atoms with E-state index in [1.54, 1.807) is 4.68 Å². The maximum absolute atomic E-state index is 9.26. The van der Waals surface area contributed by atoms with E-state index in [0.29, 0.717) is 23.7 Å². The lowest BCUT2D eigenvalue weighted by atomic mass is 10.2. The summed E-state index contributed by atoms with van der Waals surface area (Å²) in [7, 11) is 0. The number of unbranched alkanes of at least 4 members (excludes halogenated alkanes) is 1. The van der Waals surface area contributed by atoms with Crippen LogP contribution in [0.4, 0.5) is 11.6 Å². The zero-order valence-electron chi connectivity index (χ0n) is 11.9. The molecule has 0 bridgehead atoms. The third-order valence-electron chi connectivity index (χ3n) is 3.20. The Morgan fingerprint density at radius 2 is 2.19 bits per heavy atom. The fraction of sp³-hybridized carbons (Fsp3) is 0.333. The maximum Gasteiger partial charge on any atom is 0.168 e. The highest BCUT2D eigenvalue weighted by Gasteiger charge is 2.15. The summed E-state index contributed by atoms with van der Waals surface area (Å²) in [5, 5.41) is 16.9. The Balaban J connectivity index is 2.24. The van der Waals surface area contributed by atoms with Crippen molar-refractivity contribution in [2.75, 3.05) is 17.6 Å². The minimum absolute atomic E-state index is 0.396. The first-order valence-corrected chi connectivity index (χ1v) is 7.70. The number of rotatable bonds is 6. The van der Waals surface area contributed by atoms with Crippen LogP contribution in [0.5, 0.6) is 0 Å². The molecule has 2 aromatic rings. The number of benzene rings is 1. The van der Waals surface area contributed by atoms with Gasteiger partial charge in [0.25, 0.3) is 0 Å². The highest BCUT2D eigenvalue weighted by molar-refractivity contribution is 9.10. The van der Waals surface area contributed by atoms with Crippen LogP contribution in [0.15, 0.2) is 28.7 Å². The predicted molar refractivity (Wildman–Crippen MR) is 88.0 cm³/mol. The summed E-state index contributed by atoms with van der Waals surface area (Å²) >= 11 is 3.51. The van der Waals surface area contributed by atoms with E-state index in [1.807, 2.05) is 24.3 Å². The molecule has 5 nitrogen and oxygen atoms in total. The standard InChI is InChI=1S/C15H18BrN5/c1-2-3-8-19-15-12(9-17)14(18)21(20-15)10-11-6-4-5-7-13(11)16/h4-7H,2-3,8,10,18H2,1H3,(H,19,20). The van der Waals surface area contributed by atoms with Crippen molar-refractivity contribution >= 4 is 27.6 Å². The van der Waals surface area contributed by atoms with Gasteiger partial charge in [0, 0.05) is 11.0 Å². The van der Waals surface area contributed by atoms with Gasteiger partial charge in [0.2, 0.25) is 0 Å². The van der Waals surface area contributed by atoms with Gasteiger partial charge in [-0.2, -0.15) is 10.4 Å². The minimum Gasteiger partial charge on any atom is -0.383 e. The Morgan fingerprint density at radius 1 is 1.43 bits per heavy atom. The monoisotopic (exact) mass is 347 g/mol. The normalized spacial score (nSPS) is 10.3. The molecule has 0 aliphatic heterocycles. The van der Waals surface area contributed by atoms with Gasteiger partial charge in [0.1, 0.15) is 17.5 Å². The van der Waals surface area contributed by atoms with E-state index in [0.717, 1.165) is 29.4 Å². The SMILES string of the molecule is CCCCNc1nn(Cc2ccccc2Br)c(N)c1C#N. The number of nitrogen functional groups attached to an aromatic ring is 1. The number of nitrogens with zero attached hydrogens (tertiary/aromatic N) is 3. The van der Waals surface area contributed by atoms with Gasteiger partial charge in [-0.15, -0.1) is 0 Å². The van der Waals surface area contributed by atoms with E-state index in [4.69, 9.17) is 5.73 Å². The molecule has 6 heteroatoms. The third-order valence-corrected chi connectivity index (χ3v) is 3.98. The van der Waals surface area contributed by atoms with Crippen molar-refractivity contribution in [3.05, 3.63) is 39.9 Å². The Labute approximate surface area is 132 Å². The van der Waals surface area contributed by atoms with Gasteiger partial charge >= 0.3 is 0 Å². The van der Waals surface area contributed by atoms with Gasteiger partial charge < -0.3 is 11.1 Å². The molecule has 21 heavy (non-hydrogen) atoms. The molecular formula is C15H18BrN5. The highest BCUT2D eigenvalue weighted by Crippen LogP contribution is 2.24. The molecule has 0 aliphatic carbocycles. The molecule has 0 saturated carbocycles. The quantitative estimate of drug-likeness (QED) is 0.785. The molecule has 0 radical (unpaired) electrons. The van der Waals surface area contributed by atoms with Crippen molar-refractivity contribution in [2.24, 2.45) is 0 Å². The average molecular weight is 348 g/mol. The molecule has 1 aromatic carbocycles. The summed E-state index contributed by atoms with van der Waals surface area (Å²) in [6.45, 7) is 3.43.